The summed E-state index contributed by atoms with van der Waals surface area (Å²) >= 11 is 0. The molecule has 2 heterocycles. The van der Waals surface area contributed by atoms with Gasteiger partial charge in [-0.15, -0.1) is 6.54 Å². The molecule has 0 fully saturated rings. The molecular formula is C31H29CuN4. The molecule has 0 aliphatic rings. The van der Waals surface area contributed by atoms with Crippen molar-refractivity contribution in [3.05, 3.63) is 138 Å². The van der Waals surface area contributed by atoms with Crippen molar-refractivity contribution < 1.29 is 17.1 Å². The maximum absolute atomic E-state index is 4.57. The summed E-state index contributed by atoms with van der Waals surface area (Å²) in [5, 5.41) is 6.85. The SMILES string of the molecule is CC(/C=C(/C)[N-]Cc1ccccc1)=NCc1ccccc1.[Cu+].c1cnc2c(c1)ccc1cccnc12. The van der Waals surface area contributed by atoms with Crippen LogP contribution in [0.4, 0.5) is 0 Å². The molecule has 0 aliphatic carbocycles. The first-order valence-electron chi connectivity index (χ1n) is 11.7. The van der Waals surface area contributed by atoms with Crippen molar-refractivity contribution in [1.82, 2.24) is 9.97 Å². The summed E-state index contributed by atoms with van der Waals surface area (Å²) in [7, 11) is 0. The van der Waals surface area contributed by atoms with Gasteiger partial charge >= 0.3 is 17.1 Å². The molecule has 0 bridgehead atoms. The van der Waals surface area contributed by atoms with E-state index in [1.165, 1.54) is 11.1 Å². The quantitative estimate of drug-likeness (QED) is 0.130. The van der Waals surface area contributed by atoms with Crippen LogP contribution in [0.15, 0.2) is 126 Å². The summed E-state index contributed by atoms with van der Waals surface area (Å²) < 4.78 is 0. The molecular weight excluding hydrogens is 492 g/mol. The Bertz CT molecular complexity index is 1380. The maximum atomic E-state index is 4.57. The Kier molecular flexibility index (Phi) is 10.4. The van der Waals surface area contributed by atoms with Crippen LogP contribution >= 0.6 is 0 Å². The number of hydrogen-bond donors (Lipinski definition) is 0. The molecule has 0 radical (unpaired) electrons. The molecule has 5 aromatic rings. The van der Waals surface area contributed by atoms with Crippen molar-refractivity contribution >= 4 is 27.5 Å². The summed E-state index contributed by atoms with van der Waals surface area (Å²) in [5.41, 5.74) is 6.42. The van der Waals surface area contributed by atoms with Gasteiger partial charge in [-0.1, -0.05) is 103 Å². The third-order valence-electron chi connectivity index (χ3n) is 5.47. The van der Waals surface area contributed by atoms with Crippen LogP contribution in [0.25, 0.3) is 27.1 Å². The predicted molar refractivity (Wildman–Crippen MR) is 148 cm³/mol. The van der Waals surface area contributed by atoms with Crippen LogP contribution in [0.5, 0.6) is 0 Å². The van der Waals surface area contributed by atoms with Gasteiger partial charge in [0.1, 0.15) is 0 Å². The van der Waals surface area contributed by atoms with Crippen LogP contribution in [-0.4, -0.2) is 15.7 Å². The fraction of sp³-hybridized carbons (Fsp3) is 0.129. The first-order valence-corrected chi connectivity index (χ1v) is 11.7. The van der Waals surface area contributed by atoms with Gasteiger partial charge in [0.2, 0.25) is 0 Å². The van der Waals surface area contributed by atoms with E-state index in [1.54, 1.807) is 12.4 Å². The van der Waals surface area contributed by atoms with Crippen LogP contribution in [0.2, 0.25) is 0 Å². The fourth-order valence-electron chi connectivity index (χ4n) is 3.67. The van der Waals surface area contributed by atoms with Gasteiger partial charge in [-0.2, -0.15) is 5.70 Å². The van der Waals surface area contributed by atoms with Crippen LogP contribution in [-0.2, 0) is 30.2 Å². The van der Waals surface area contributed by atoms with Crippen molar-refractivity contribution in [2.45, 2.75) is 26.9 Å². The minimum Gasteiger partial charge on any atom is -0.684 e. The van der Waals surface area contributed by atoms with Gasteiger partial charge in [-0.25, -0.2) is 0 Å². The molecule has 36 heavy (non-hydrogen) atoms. The normalized spacial score (nSPS) is 11.4. The van der Waals surface area contributed by atoms with Gasteiger partial charge in [0.05, 0.1) is 17.6 Å². The minimum absolute atomic E-state index is 0. The van der Waals surface area contributed by atoms with Crippen LogP contribution in [0.1, 0.15) is 25.0 Å². The van der Waals surface area contributed by atoms with Crippen molar-refractivity contribution in [2.24, 2.45) is 4.99 Å². The second-order valence-electron chi connectivity index (χ2n) is 8.25. The van der Waals surface area contributed by atoms with Crippen LogP contribution in [0.3, 0.4) is 0 Å². The number of pyridine rings is 2. The average molecular weight is 521 g/mol. The van der Waals surface area contributed by atoms with Gasteiger partial charge in [0.25, 0.3) is 0 Å². The van der Waals surface area contributed by atoms with Crippen LogP contribution < -0.4 is 0 Å². The topological polar surface area (TPSA) is 52.2 Å². The molecule has 5 rings (SSSR count). The van der Waals surface area contributed by atoms with Gasteiger partial charge in [0.15, 0.2) is 0 Å². The van der Waals surface area contributed by atoms with E-state index in [1.807, 2.05) is 68.5 Å². The second kappa shape index (κ2) is 13.9. The summed E-state index contributed by atoms with van der Waals surface area (Å²) in [6.07, 6.45) is 5.64. The summed E-state index contributed by atoms with van der Waals surface area (Å²) in [4.78, 5) is 13.3. The zero-order chi connectivity index (χ0) is 24.3. The maximum Gasteiger partial charge on any atom is 1.00 e. The summed E-state index contributed by atoms with van der Waals surface area (Å²) in [6, 6.07) is 32.7. The molecule has 0 unspecified atom stereocenters. The zero-order valence-electron chi connectivity index (χ0n) is 20.5. The van der Waals surface area contributed by atoms with Gasteiger partial charge in [0, 0.05) is 28.9 Å². The monoisotopic (exact) mass is 520 g/mol. The molecule has 0 aliphatic heterocycles. The summed E-state index contributed by atoms with van der Waals surface area (Å²) in [5.74, 6) is 0. The largest absolute Gasteiger partial charge is 1.00 e. The molecule has 0 saturated carbocycles. The van der Waals surface area contributed by atoms with E-state index in [-0.39, 0.29) is 17.1 Å². The molecule has 184 valence electrons. The number of hydrogen-bond acceptors (Lipinski definition) is 3. The summed E-state index contributed by atoms with van der Waals surface area (Å²) in [6.45, 7) is 5.47. The number of rotatable bonds is 6. The Balaban J connectivity index is 0.000000208. The van der Waals surface area contributed by atoms with Gasteiger partial charge in [-0.3, -0.25) is 15.0 Å². The van der Waals surface area contributed by atoms with E-state index in [9.17, 15) is 0 Å². The Labute approximate surface area is 223 Å². The van der Waals surface area contributed by atoms with Gasteiger partial charge in [-0.05, 0) is 24.6 Å². The van der Waals surface area contributed by atoms with E-state index in [0.29, 0.717) is 0 Å². The third kappa shape index (κ3) is 7.88. The first-order chi connectivity index (χ1) is 17.2. The molecule has 0 spiro atoms. The predicted octanol–water partition coefficient (Wildman–Crippen LogP) is 7.91. The molecule has 3 aromatic carbocycles. The molecule has 4 nitrogen and oxygen atoms in total. The second-order valence-corrected chi connectivity index (χ2v) is 8.25. The van der Waals surface area contributed by atoms with Gasteiger partial charge < -0.3 is 5.32 Å². The standard InChI is InChI=1S/C19H21N2.C12H8N2.Cu/c1-16(20-14-18-9-5-3-6-10-18)13-17(2)21-15-19-11-7-4-8-12-19;1-3-9-5-6-10-4-2-8-14-12(10)11(9)13-7-1;/h3-13H,14-15H2,1-2H3;1-8H;/q-1;;+1/b16-13-,21-17?;;. The van der Waals surface area contributed by atoms with E-state index < -0.39 is 0 Å². The van der Waals surface area contributed by atoms with E-state index in [0.717, 1.165) is 46.3 Å². The molecule has 2 aromatic heterocycles. The number of benzene rings is 3. The third-order valence-corrected chi connectivity index (χ3v) is 5.47. The van der Waals surface area contributed by atoms with Crippen LogP contribution in [0, 0.1) is 0 Å². The van der Waals surface area contributed by atoms with Crippen molar-refractivity contribution in [2.75, 3.05) is 0 Å². The van der Waals surface area contributed by atoms with Crippen molar-refractivity contribution in [1.29, 1.82) is 0 Å². The number of aliphatic imine (C=N–C) groups is 1. The smallest absolute Gasteiger partial charge is 0.684 e. The molecule has 0 saturated heterocycles. The number of aromatic nitrogens is 2. The zero-order valence-corrected chi connectivity index (χ0v) is 21.4. The fourth-order valence-corrected chi connectivity index (χ4v) is 3.67. The molecule has 0 N–H and O–H groups in total. The Hall–Kier alpha value is -3.79. The van der Waals surface area contributed by atoms with E-state index in [4.69, 9.17) is 0 Å². The first kappa shape index (κ1) is 26.8. The molecule has 5 heteroatoms. The molecule has 0 atom stereocenters. The Morgan fingerprint density at radius 1 is 0.694 bits per heavy atom. The Morgan fingerprint density at radius 2 is 1.22 bits per heavy atom. The number of allylic oxidation sites excluding steroid dienone is 2. The molecule has 0 amide bonds. The van der Waals surface area contributed by atoms with Crippen molar-refractivity contribution in [3.63, 3.8) is 0 Å². The number of nitrogens with zero attached hydrogens (tertiary/aromatic N) is 4. The average Bonchev–Trinajstić information content (AvgIpc) is 2.92. The van der Waals surface area contributed by atoms with E-state index in [2.05, 4.69) is 68.8 Å². The van der Waals surface area contributed by atoms with Crippen molar-refractivity contribution in [3.8, 4) is 0 Å². The Morgan fingerprint density at radius 3 is 1.78 bits per heavy atom. The van der Waals surface area contributed by atoms with E-state index >= 15 is 0 Å². The minimum atomic E-state index is 0. The number of fused-ring (bicyclic) bond motifs is 3.